The van der Waals surface area contributed by atoms with Crippen LogP contribution in [-0.4, -0.2) is 18.3 Å². The lowest BCUT2D eigenvalue weighted by molar-refractivity contribution is 0.00578. The van der Waals surface area contributed by atoms with Crippen molar-refractivity contribution in [1.82, 2.24) is 0 Å². The molecule has 1 saturated heterocycles. The summed E-state index contributed by atoms with van der Waals surface area (Å²) in [7, 11) is -0.183. The second-order valence-corrected chi connectivity index (χ2v) is 6.02. The van der Waals surface area contributed by atoms with Gasteiger partial charge in [-0.05, 0) is 46.5 Å². The van der Waals surface area contributed by atoms with Crippen molar-refractivity contribution >= 4 is 7.12 Å². The summed E-state index contributed by atoms with van der Waals surface area (Å²) < 4.78 is 11.7. The van der Waals surface area contributed by atoms with E-state index in [0.29, 0.717) is 0 Å². The first-order valence-corrected chi connectivity index (χ1v) is 6.27. The first kappa shape index (κ1) is 13.8. The zero-order valence-corrected chi connectivity index (χ0v) is 11.5. The van der Waals surface area contributed by atoms with Crippen LogP contribution in [0.3, 0.4) is 0 Å². The van der Waals surface area contributed by atoms with Gasteiger partial charge in [-0.2, -0.15) is 0 Å². The van der Waals surface area contributed by atoms with E-state index in [1.54, 1.807) is 0 Å². The third kappa shape index (κ3) is 3.36. The molecule has 0 aliphatic carbocycles. The van der Waals surface area contributed by atoms with E-state index in [2.05, 4.69) is 47.6 Å². The molecule has 0 atom stereocenters. The lowest BCUT2D eigenvalue weighted by Gasteiger charge is -2.32. The molecule has 0 bridgehead atoms. The molecule has 1 aliphatic heterocycles. The van der Waals surface area contributed by atoms with E-state index in [1.807, 2.05) is 5.98 Å². The quantitative estimate of drug-likeness (QED) is 0.679. The van der Waals surface area contributed by atoms with Crippen molar-refractivity contribution in [3.8, 4) is 0 Å². The summed E-state index contributed by atoms with van der Waals surface area (Å²) in [6.45, 7) is 12.8. The van der Waals surface area contributed by atoms with E-state index in [1.165, 1.54) is 6.42 Å². The van der Waals surface area contributed by atoms with Crippen LogP contribution in [0.25, 0.3) is 0 Å². The molecule has 0 unspecified atom stereocenters. The van der Waals surface area contributed by atoms with Crippen LogP contribution in [0, 0.1) is 5.92 Å². The second kappa shape index (κ2) is 4.93. The highest BCUT2D eigenvalue weighted by Crippen LogP contribution is 2.36. The van der Waals surface area contributed by atoms with Gasteiger partial charge in [0, 0.05) is 0 Å². The van der Waals surface area contributed by atoms with Crippen LogP contribution in [-0.2, 0) is 9.31 Å². The lowest BCUT2D eigenvalue weighted by Crippen LogP contribution is -2.41. The molecule has 3 heteroatoms. The summed E-state index contributed by atoms with van der Waals surface area (Å²) in [5.41, 5.74) is -0.444. The predicted octanol–water partition coefficient (Wildman–Crippen LogP) is 3.61. The molecule has 92 valence electrons. The van der Waals surface area contributed by atoms with Crippen LogP contribution in [0.2, 0.25) is 0 Å². The molecule has 0 spiro atoms. The molecule has 1 heterocycles. The van der Waals surface area contributed by atoms with Gasteiger partial charge in [0.2, 0.25) is 0 Å². The summed E-state index contributed by atoms with van der Waals surface area (Å²) in [5.74, 6) is 2.79. The molecular formula is C13H25BO2. The minimum Gasteiger partial charge on any atom is -0.400 e. The summed E-state index contributed by atoms with van der Waals surface area (Å²) in [4.78, 5) is 0. The molecular weight excluding hydrogens is 199 g/mol. The van der Waals surface area contributed by atoms with Gasteiger partial charge >= 0.3 is 7.12 Å². The molecule has 0 N–H and O–H groups in total. The minimum absolute atomic E-state index is 0.183. The van der Waals surface area contributed by atoms with Crippen molar-refractivity contribution in [2.75, 3.05) is 0 Å². The molecule has 1 aliphatic rings. The van der Waals surface area contributed by atoms with Crippen molar-refractivity contribution in [1.29, 1.82) is 0 Å². The first-order chi connectivity index (χ1) is 7.24. The Labute approximate surface area is 101 Å². The molecule has 0 saturated carbocycles. The maximum atomic E-state index is 5.86. The highest BCUT2D eigenvalue weighted by Gasteiger charge is 2.49. The van der Waals surface area contributed by atoms with Crippen molar-refractivity contribution in [3.05, 3.63) is 12.1 Å². The fourth-order valence-corrected chi connectivity index (χ4v) is 1.60. The van der Waals surface area contributed by atoms with Gasteiger partial charge < -0.3 is 9.31 Å². The Bertz CT molecular complexity index is 241. The van der Waals surface area contributed by atoms with Gasteiger partial charge in [-0.3, -0.25) is 0 Å². The zero-order chi connectivity index (χ0) is 12.4. The van der Waals surface area contributed by atoms with Crippen LogP contribution < -0.4 is 0 Å². The molecule has 1 fully saturated rings. The molecule has 0 aromatic rings. The molecule has 0 amide bonds. The number of allylic oxidation sites excluding steroid dienone is 1. The molecule has 16 heavy (non-hydrogen) atoms. The summed E-state index contributed by atoms with van der Waals surface area (Å²) in [6, 6.07) is 0. The van der Waals surface area contributed by atoms with Gasteiger partial charge in [-0.1, -0.05) is 25.9 Å². The van der Waals surface area contributed by atoms with Gasteiger partial charge in [0.15, 0.2) is 0 Å². The van der Waals surface area contributed by atoms with E-state index >= 15 is 0 Å². The molecule has 0 aromatic heterocycles. The highest BCUT2D eigenvalue weighted by atomic mass is 16.7. The largest absolute Gasteiger partial charge is 0.486 e. The third-order valence-corrected chi connectivity index (χ3v) is 3.48. The van der Waals surface area contributed by atoms with E-state index in [0.717, 1.165) is 12.3 Å². The van der Waals surface area contributed by atoms with Gasteiger partial charge in [0.25, 0.3) is 0 Å². The average Bonchev–Trinajstić information content (AvgIpc) is 2.29. The fraction of sp³-hybridized carbons (Fsp3) is 0.846. The molecule has 0 radical (unpaired) electrons. The summed E-state index contributed by atoms with van der Waals surface area (Å²) in [5, 5.41) is 0. The third-order valence-electron chi connectivity index (χ3n) is 3.48. The van der Waals surface area contributed by atoms with E-state index in [9.17, 15) is 0 Å². The van der Waals surface area contributed by atoms with Crippen molar-refractivity contribution in [3.63, 3.8) is 0 Å². The van der Waals surface area contributed by atoms with Gasteiger partial charge in [0.1, 0.15) is 0 Å². The SMILES string of the molecule is CC(C)CC/C=C\B1OC(C)(C)C(C)(C)O1. The number of rotatable bonds is 4. The van der Waals surface area contributed by atoms with E-state index < -0.39 is 0 Å². The van der Waals surface area contributed by atoms with Gasteiger partial charge in [-0.15, -0.1) is 0 Å². The maximum Gasteiger partial charge on any atom is 0.486 e. The monoisotopic (exact) mass is 224 g/mol. The Kier molecular flexibility index (Phi) is 4.25. The van der Waals surface area contributed by atoms with Crippen molar-refractivity contribution < 1.29 is 9.31 Å². The number of hydrogen-bond donors (Lipinski definition) is 0. The van der Waals surface area contributed by atoms with Crippen LogP contribution in [0.1, 0.15) is 54.4 Å². The minimum atomic E-state index is -0.222. The van der Waals surface area contributed by atoms with E-state index in [-0.39, 0.29) is 18.3 Å². The van der Waals surface area contributed by atoms with Crippen LogP contribution >= 0.6 is 0 Å². The molecule has 2 nitrogen and oxygen atoms in total. The Morgan fingerprint density at radius 2 is 1.56 bits per heavy atom. The highest BCUT2D eigenvalue weighted by molar-refractivity contribution is 6.51. The molecule has 1 rings (SSSR count). The summed E-state index contributed by atoms with van der Waals surface area (Å²) >= 11 is 0. The first-order valence-electron chi connectivity index (χ1n) is 6.27. The predicted molar refractivity (Wildman–Crippen MR) is 69.3 cm³/mol. The van der Waals surface area contributed by atoms with Crippen molar-refractivity contribution in [2.45, 2.75) is 65.6 Å². The molecule has 0 aromatic carbocycles. The van der Waals surface area contributed by atoms with Gasteiger partial charge in [-0.25, -0.2) is 0 Å². The maximum absolute atomic E-state index is 5.86. The average molecular weight is 224 g/mol. The Morgan fingerprint density at radius 3 is 2.00 bits per heavy atom. The summed E-state index contributed by atoms with van der Waals surface area (Å²) in [6.07, 6.45) is 4.49. The standard InChI is InChI=1S/C13H25BO2/c1-11(2)9-7-8-10-14-15-12(3,4)13(5,6)16-14/h8,10-11H,7,9H2,1-6H3/b10-8-. The van der Waals surface area contributed by atoms with E-state index in [4.69, 9.17) is 9.31 Å². The lowest BCUT2D eigenvalue weighted by atomic mass is 9.89. The second-order valence-electron chi connectivity index (χ2n) is 6.02. The Morgan fingerprint density at radius 1 is 1.06 bits per heavy atom. The fourth-order valence-electron chi connectivity index (χ4n) is 1.60. The van der Waals surface area contributed by atoms with Crippen LogP contribution in [0.4, 0.5) is 0 Å². The Hall–Kier alpha value is -0.275. The topological polar surface area (TPSA) is 18.5 Å². The smallest absolute Gasteiger partial charge is 0.400 e. The van der Waals surface area contributed by atoms with Crippen molar-refractivity contribution in [2.24, 2.45) is 5.92 Å². The Balaban J connectivity index is 2.42. The van der Waals surface area contributed by atoms with Crippen LogP contribution in [0.15, 0.2) is 12.1 Å². The van der Waals surface area contributed by atoms with Crippen LogP contribution in [0.5, 0.6) is 0 Å². The number of hydrogen-bond acceptors (Lipinski definition) is 2. The van der Waals surface area contributed by atoms with Gasteiger partial charge in [0.05, 0.1) is 11.2 Å². The normalized spacial score (nSPS) is 23.6. The zero-order valence-electron chi connectivity index (χ0n) is 11.5.